The maximum atomic E-state index is 11.2. The van der Waals surface area contributed by atoms with Crippen LogP contribution < -0.4 is 4.90 Å². The van der Waals surface area contributed by atoms with Gasteiger partial charge in [-0.25, -0.2) is 4.98 Å². The number of aromatic nitrogens is 1. The molecule has 2 heterocycles. The maximum absolute atomic E-state index is 11.2. The first kappa shape index (κ1) is 10.6. The van der Waals surface area contributed by atoms with Crippen LogP contribution in [0, 0.1) is 5.41 Å². The normalized spacial score (nSPS) is 19.5. The summed E-state index contributed by atoms with van der Waals surface area (Å²) in [6.07, 6.45) is 2.88. The van der Waals surface area contributed by atoms with Gasteiger partial charge in [0.1, 0.15) is 0 Å². The molecule has 0 aliphatic carbocycles. The van der Waals surface area contributed by atoms with Crippen LogP contribution in [0.5, 0.6) is 0 Å². The van der Waals surface area contributed by atoms with Gasteiger partial charge in [-0.2, -0.15) is 0 Å². The van der Waals surface area contributed by atoms with Crippen LogP contribution >= 0.6 is 11.3 Å². The molecule has 0 bridgehead atoms. The second-order valence-electron chi connectivity index (χ2n) is 4.90. The Morgan fingerprint density at radius 3 is 2.80 bits per heavy atom. The summed E-state index contributed by atoms with van der Waals surface area (Å²) in [5.74, 6) is 0.109. The second kappa shape index (κ2) is 3.59. The molecule has 1 aromatic heterocycles. The van der Waals surface area contributed by atoms with E-state index >= 15 is 0 Å². The van der Waals surface area contributed by atoms with E-state index in [-0.39, 0.29) is 5.78 Å². The van der Waals surface area contributed by atoms with E-state index in [2.05, 4.69) is 23.7 Å². The van der Waals surface area contributed by atoms with Gasteiger partial charge in [0.25, 0.3) is 0 Å². The van der Waals surface area contributed by atoms with Gasteiger partial charge >= 0.3 is 0 Å². The molecule has 0 atom stereocenters. The molecule has 0 amide bonds. The summed E-state index contributed by atoms with van der Waals surface area (Å²) in [6.45, 7) is 8.22. The largest absolute Gasteiger partial charge is 0.348 e. The Balaban J connectivity index is 2.14. The van der Waals surface area contributed by atoms with E-state index in [1.165, 1.54) is 17.8 Å². The van der Waals surface area contributed by atoms with Crippen molar-refractivity contribution in [2.75, 3.05) is 18.0 Å². The van der Waals surface area contributed by atoms with Crippen LogP contribution in [-0.4, -0.2) is 23.9 Å². The fraction of sp³-hybridized carbons (Fsp3) is 0.636. The van der Waals surface area contributed by atoms with Gasteiger partial charge in [0.2, 0.25) is 0 Å². The predicted molar refractivity (Wildman–Crippen MR) is 62.7 cm³/mol. The lowest BCUT2D eigenvalue weighted by Gasteiger charge is -2.18. The lowest BCUT2D eigenvalue weighted by atomic mass is 9.93. The summed E-state index contributed by atoms with van der Waals surface area (Å²) < 4.78 is 0. The monoisotopic (exact) mass is 224 g/mol. The third-order valence-electron chi connectivity index (χ3n) is 2.79. The zero-order valence-corrected chi connectivity index (χ0v) is 10.2. The Morgan fingerprint density at radius 2 is 2.33 bits per heavy atom. The van der Waals surface area contributed by atoms with E-state index in [4.69, 9.17) is 0 Å². The Bertz CT molecular complexity index is 384. The van der Waals surface area contributed by atoms with E-state index in [9.17, 15) is 4.79 Å². The van der Waals surface area contributed by atoms with Crippen LogP contribution in [0.2, 0.25) is 0 Å². The Labute approximate surface area is 94.1 Å². The molecule has 2 rings (SSSR count). The summed E-state index contributed by atoms with van der Waals surface area (Å²) in [5, 5.41) is 0.991. The summed E-state index contributed by atoms with van der Waals surface area (Å²) >= 11 is 1.50. The summed E-state index contributed by atoms with van der Waals surface area (Å²) in [7, 11) is 0. The molecule has 3 nitrogen and oxygen atoms in total. The topological polar surface area (TPSA) is 33.2 Å². The van der Waals surface area contributed by atoms with Crippen molar-refractivity contribution in [2.24, 2.45) is 5.41 Å². The van der Waals surface area contributed by atoms with Crippen LogP contribution in [0.4, 0.5) is 5.13 Å². The summed E-state index contributed by atoms with van der Waals surface area (Å²) in [6, 6.07) is 0. The van der Waals surface area contributed by atoms with Crippen molar-refractivity contribution < 1.29 is 4.79 Å². The van der Waals surface area contributed by atoms with Crippen molar-refractivity contribution in [2.45, 2.75) is 27.2 Å². The predicted octanol–water partition coefficient (Wildman–Crippen LogP) is 2.58. The SMILES string of the molecule is CC(=O)c1cnc(N2CCC(C)(C)C2)s1. The number of anilines is 1. The van der Waals surface area contributed by atoms with Crippen molar-refractivity contribution in [3.63, 3.8) is 0 Å². The molecule has 1 aromatic rings. The van der Waals surface area contributed by atoms with Crippen LogP contribution in [0.3, 0.4) is 0 Å². The molecule has 0 radical (unpaired) electrons. The first-order chi connectivity index (χ1) is 6.98. The molecule has 1 aliphatic rings. The number of nitrogens with zero attached hydrogens (tertiary/aromatic N) is 2. The minimum Gasteiger partial charge on any atom is -0.348 e. The molecule has 0 saturated carbocycles. The standard InChI is InChI=1S/C11H16N2OS/c1-8(14)9-6-12-10(15-9)13-5-4-11(2,3)7-13/h6H,4-5,7H2,1-3H3. The molecule has 1 saturated heterocycles. The highest BCUT2D eigenvalue weighted by Crippen LogP contribution is 2.34. The van der Waals surface area contributed by atoms with Crippen LogP contribution in [0.15, 0.2) is 6.20 Å². The highest BCUT2D eigenvalue weighted by Gasteiger charge is 2.30. The molecule has 82 valence electrons. The molecule has 1 fully saturated rings. The lowest BCUT2D eigenvalue weighted by Crippen LogP contribution is -2.22. The second-order valence-corrected chi connectivity index (χ2v) is 5.91. The lowest BCUT2D eigenvalue weighted by molar-refractivity contribution is 0.102. The molecule has 4 heteroatoms. The Morgan fingerprint density at radius 1 is 1.60 bits per heavy atom. The van der Waals surface area contributed by atoms with Crippen molar-refractivity contribution in [3.8, 4) is 0 Å². The highest BCUT2D eigenvalue weighted by atomic mass is 32.1. The van der Waals surface area contributed by atoms with Crippen LogP contribution in [0.25, 0.3) is 0 Å². The number of hydrogen-bond acceptors (Lipinski definition) is 4. The quantitative estimate of drug-likeness (QED) is 0.724. The van der Waals surface area contributed by atoms with E-state index in [0.717, 1.165) is 23.1 Å². The van der Waals surface area contributed by atoms with Gasteiger partial charge < -0.3 is 4.90 Å². The van der Waals surface area contributed by atoms with Crippen LogP contribution in [0.1, 0.15) is 36.9 Å². The zero-order valence-electron chi connectivity index (χ0n) is 9.41. The first-order valence-electron chi connectivity index (χ1n) is 5.20. The maximum Gasteiger partial charge on any atom is 0.185 e. The molecule has 1 aliphatic heterocycles. The molecule has 0 aromatic carbocycles. The summed E-state index contributed by atoms with van der Waals surface area (Å²) in [4.78, 5) is 18.5. The van der Waals surface area contributed by atoms with Crippen molar-refractivity contribution in [3.05, 3.63) is 11.1 Å². The minimum absolute atomic E-state index is 0.109. The van der Waals surface area contributed by atoms with Crippen molar-refractivity contribution in [1.29, 1.82) is 0 Å². The highest BCUT2D eigenvalue weighted by molar-refractivity contribution is 7.17. The number of thiazole rings is 1. The van der Waals surface area contributed by atoms with E-state index in [1.54, 1.807) is 13.1 Å². The molecular formula is C11H16N2OS. The van der Waals surface area contributed by atoms with E-state index < -0.39 is 0 Å². The zero-order chi connectivity index (χ0) is 11.1. The minimum atomic E-state index is 0.109. The van der Waals surface area contributed by atoms with Gasteiger partial charge in [0.15, 0.2) is 10.9 Å². The first-order valence-corrected chi connectivity index (χ1v) is 6.01. The Hall–Kier alpha value is -0.900. The summed E-state index contributed by atoms with van der Waals surface area (Å²) in [5.41, 5.74) is 0.377. The molecule has 0 N–H and O–H groups in total. The van der Waals surface area contributed by atoms with Crippen LogP contribution in [-0.2, 0) is 0 Å². The number of carbonyl (C=O) groups is 1. The third kappa shape index (κ3) is 2.20. The number of ketones is 1. The average molecular weight is 224 g/mol. The van der Waals surface area contributed by atoms with Gasteiger partial charge in [0, 0.05) is 20.0 Å². The number of rotatable bonds is 2. The smallest absolute Gasteiger partial charge is 0.185 e. The van der Waals surface area contributed by atoms with Gasteiger partial charge in [-0.15, -0.1) is 0 Å². The Kier molecular flexibility index (Phi) is 2.54. The fourth-order valence-electron chi connectivity index (χ4n) is 1.85. The third-order valence-corrected chi connectivity index (χ3v) is 3.95. The van der Waals surface area contributed by atoms with Gasteiger partial charge in [-0.05, 0) is 11.8 Å². The van der Waals surface area contributed by atoms with E-state index in [1.807, 2.05) is 0 Å². The van der Waals surface area contributed by atoms with E-state index in [0.29, 0.717) is 5.41 Å². The number of Topliss-reactive ketones (excluding diaryl/α,β-unsaturated/α-hetero) is 1. The average Bonchev–Trinajstić information content (AvgIpc) is 2.70. The van der Waals surface area contributed by atoms with Crippen molar-refractivity contribution >= 4 is 22.3 Å². The number of hydrogen-bond donors (Lipinski definition) is 0. The molecule has 15 heavy (non-hydrogen) atoms. The van der Waals surface area contributed by atoms with Crippen molar-refractivity contribution in [1.82, 2.24) is 4.98 Å². The van der Waals surface area contributed by atoms with Gasteiger partial charge in [-0.3, -0.25) is 4.79 Å². The molecule has 0 spiro atoms. The molecule has 0 unspecified atom stereocenters. The van der Waals surface area contributed by atoms with Gasteiger partial charge in [0.05, 0.1) is 11.1 Å². The van der Waals surface area contributed by atoms with Gasteiger partial charge in [-0.1, -0.05) is 25.2 Å². The molecular weight excluding hydrogens is 208 g/mol. The fourth-order valence-corrected chi connectivity index (χ4v) is 2.69. The number of carbonyl (C=O) groups excluding carboxylic acids is 1.